The van der Waals surface area contributed by atoms with E-state index < -0.39 is 0 Å². The standard InChI is InChI=1S/C10H12O2/c1-2-3-7-12-10-6-4-5-9(11)8-10/h1,8H,3-7H2. The van der Waals surface area contributed by atoms with Gasteiger partial charge in [-0.05, 0) is 6.42 Å². The Balaban J connectivity index is 2.32. The Morgan fingerprint density at radius 3 is 3.08 bits per heavy atom. The lowest BCUT2D eigenvalue weighted by atomic mass is 10.1. The maximum Gasteiger partial charge on any atom is 0.159 e. The fourth-order valence-corrected chi connectivity index (χ4v) is 1.12. The molecule has 1 aliphatic rings. The summed E-state index contributed by atoms with van der Waals surface area (Å²) in [6.07, 6.45) is 9.67. The molecule has 64 valence electrons. The summed E-state index contributed by atoms with van der Waals surface area (Å²) in [5, 5.41) is 0. The van der Waals surface area contributed by atoms with Crippen LogP contribution in [0.25, 0.3) is 0 Å². The number of hydrogen-bond acceptors (Lipinski definition) is 2. The van der Waals surface area contributed by atoms with Crippen molar-refractivity contribution in [2.24, 2.45) is 0 Å². The number of rotatable bonds is 3. The van der Waals surface area contributed by atoms with Crippen LogP contribution < -0.4 is 0 Å². The first-order valence-electron chi connectivity index (χ1n) is 4.12. The fraction of sp³-hybridized carbons (Fsp3) is 0.500. The predicted octanol–water partition coefficient (Wildman–Crippen LogP) is 1.66. The molecule has 0 radical (unpaired) electrons. The van der Waals surface area contributed by atoms with Gasteiger partial charge in [-0.15, -0.1) is 12.3 Å². The van der Waals surface area contributed by atoms with Crippen LogP contribution in [-0.2, 0) is 9.53 Å². The molecule has 1 rings (SSSR count). The minimum Gasteiger partial charge on any atom is -0.497 e. The fourth-order valence-electron chi connectivity index (χ4n) is 1.12. The molecular formula is C10H12O2. The van der Waals surface area contributed by atoms with Gasteiger partial charge in [0.2, 0.25) is 0 Å². The first kappa shape index (κ1) is 8.86. The number of carbonyl (C=O) groups is 1. The molecule has 0 N–H and O–H groups in total. The van der Waals surface area contributed by atoms with Crippen LogP contribution in [0.15, 0.2) is 11.8 Å². The summed E-state index contributed by atoms with van der Waals surface area (Å²) in [7, 11) is 0. The van der Waals surface area contributed by atoms with Gasteiger partial charge in [0, 0.05) is 25.3 Å². The lowest BCUT2D eigenvalue weighted by molar-refractivity contribution is -0.115. The zero-order valence-corrected chi connectivity index (χ0v) is 7.01. The van der Waals surface area contributed by atoms with Crippen molar-refractivity contribution in [3.05, 3.63) is 11.8 Å². The molecule has 0 aromatic heterocycles. The second-order valence-electron chi connectivity index (χ2n) is 2.73. The molecule has 0 aromatic carbocycles. The molecule has 0 saturated carbocycles. The van der Waals surface area contributed by atoms with Gasteiger partial charge < -0.3 is 4.74 Å². The van der Waals surface area contributed by atoms with E-state index in [4.69, 9.17) is 11.2 Å². The van der Waals surface area contributed by atoms with Crippen molar-refractivity contribution in [3.63, 3.8) is 0 Å². The average Bonchev–Trinajstić information content (AvgIpc) is 2.05. The zero-order chi connectivity index (χ0) is 8.81. The third-order valence-electron chi connectivity index (χ3n) is 1.70. The molecule has 12 heavy (non-hydrogen) atoms. The van der Waals surface area contributed by atoms with Gasteiger partial charge in [-0.25, -0.2) is 0 Å². The highest BCUT2D eigenvalue weighted by Crippen LogP contribution is 2.15. The smallest absolute Gasteiger partial charge is 0.159 e. The van der Waals surface area contributed by atoms with Gasteiger partial charge in [0.05, 0.1) is 12.4 Å². The van der Waals surface area contributed by atoms with Crippen LogP contribution in [0.4, 0.5) is 0 Å². The summed E-state index contributed by atoms with van der Waals surface area (Å²) in [5.74, 6) is 3.44. The van der Waals surface area contributed by atoms with Crippen LogP contribution in [0.3, 0.4) is 0 Å². The van der Waals surface area contributed by atoms with Crippen molar-refractivity contribution in [2.45, 2.75) is 25.7 Å². The van der Waals surface area contributed by atoms with Gasteiger partial charge in [0.1, 0.15) is 0 Å². The first-order chi connectivity index (χ1) is 5.83. The molecule has 0 atom stereocenters. The minimum absolute atomic E-state index is 0.164. The van der Waals surface area contributed by atoms with Gasteiger partial charge in [-0.3, -0.25) is 4.79 Å². The van der Waals surface area contributed by atoms with Gasteiger partial charge >= 0.3 is 0 Å². The van der Waals surface area contributed by atoms with Crippen LogP contribution >= 0.6 is 0 Å². The van der Waals surface area contributed by atoms with Gasteiger partial charge in [0.15, 0.2) is 5.78 Å². The van der Waals surface area contributed by atoms with E-state index in [9.17, 15) is 4.79 Å². The van der Waals surface area contributed by atoms with E-state index in [1.165, 1.54) is 0 Å². The van der Waals surface area contributed by atoms with Crippen LogP contribution in [0.2, 0.25) is 0 Å². The largest absolute Gasteiger partial charge is 0.497 e. The number of ketones is 1. The van der Waals surface area contributed by atoms with Crippen molar-refractivity contribution in [2.75, 3.05) is 6.61 Å². The highest BCUT2D eigenvalue weighted by Gasteiger charge is 2.09. The molecule has 2 nitrogen and oxygen atoms in total. The maximum absolute atomic E-state index is 10.9. The Hall–Kier alpha value is -1.23. The second kappa shape index (κ2) is 4.61. The van der Waals surface area contributed by atoms with E-state index in [-0.39, 0.29) is 5.78 Å². The average molecular weight is 164 g/mol. The van der Waals surface area contributed by atoms with E-state index in [1.54, 1.807) is 6.08 Å². The number of carbonyl (C=O) groups excluding carboxylic acids is 1. The summed E-state index contributed by atoms with van der Waals surface area (Å²) >= 11 is 0. The van der Waals surface area contributed by atoms with Crippen molar-refractivity contribution >= 4 is 5.78 Å². The first-order valence-corrected chi connectivity index (χ1v) is 4.12. The van der Waals surface area contributed by atoms with E-state index in [1.807, 2.05) is 0 Å². The molecule has 0 aromatic rings. The number of terminal acetylenes is 1. The molecular weight excluding hydrogens is 152 g/mol. The molecule has 0 spiro atoms. The summed E-state index contributed by atoms with van der Waals surface area (Å²) in [6.45, 7) is 0.523. The van der Waals surface area contributed by atoms with Crippen molar-refractivity contribution in [1.29, 1.82) is 0 Å². The van der Waals surface area contributed by atoms with Crippen molar-refractivity contribution < 1.29 is 9.53 Å². The highest BCUT2D eigenvalue weighted by atomic mass is 16.5. The molecule has 0 saturated heterocycles. The Bertz CT molecular complexity index is 233. The predicted molar refractivity (Wildman–Crippen MR) is 46.3 cm³/mol. The van der Waals surface area contributed by atoms with Crippen molar-refractivity contribution in [3.8, 4) is 12.3 Å². The number of hydrogen-bond donors (Lipinski definition) is 0. The lowest BCUT2D eigenvalue weighted by Crippen LogP contribution is -2.05. The van der Waals surface area contributed by atoms with Crippen LogP contribution in [0.5, 0.6) is 0 Å². The molecule has 0 amide bonds. The summed E-state index contributed by atoms with van der Waals surface area (Å²) in [5.41, 5.74) is 0. The zero-order valence-electron chi connectivity index (χ0n) is 7.01. The quantitative estimate of drug-likeness (QED) is 0.468. The Labute approximate surface area is 72.6 Å². The van der Waals surface area contributed by atoms with Crippen molar-refractivity contribution in [1.82, 2.24) is 0 Å². The van der Waals surface area contributed by atoms with Gasteiger partial charge in [0.25, 0.3) is 0 Å². The minimum atomic E-state index is 0.164. The van der Waals surface area contributed by atoms with Crippen LogP contribution in [-0.4, -0.2) is 12.4 Å². The Morgan fingerprint density at radius 1 is 1.58 bits per heavy atom. The third-order valence-corrected chi connectivity index (χ3v) is 1.70. The van der Waals surface area contributed by atoms with Gasteiger partial charge in [-0.2, -0.15) is 0 Å². The second-order valence-corrected chi connectivity index (χ2v) is 2.73. The number of ether oxygens (including phenoxy) is 1. The van der Waals surface area contributed by atoms with Gasteiger partial charge in [-0.1, -0.05) is 0 Å². The summed E-state index contributed by atoms with van der Waals surface area (Å²) in [4.78, 5) is 10.9. The normalized spacial score (nSPS) is 16.6. The molecule has 0 unspecified atom stereocenters. The maximum atomic E-state index is 10.9. The molecule has 0 heterocycles. The molecule has 0 bridgehead atoms. The monoisotopic (exact) mass is 164 g/mol. The van der Waals surface area contributed by atoms with E-state index in [0.717, 1.165) is 18.6 Å². The summed E-state index contributed by atoms with van der Waals surface area (Å²) in [6, 6.07) is 0. The number of allylic oxidation sites excluding steroid dienone is 2. The molecule has 2 heteroatoms. The van der Waals surface area contributed by atoms with E-state index in [2.05, 4.69) is 5.92 Å². The van der Waals surface area contributed by atoms with E-state index in [0.29, 0.717) is 19.4 Å². The lowest BCUT2D eigenvalue weighted by Gasteiger charge is -2.12. The Morgan fingerprint density at radius 2 is 2.42 bits per heavy atom. The third kappa shape index (κ3) is 2.79. The van der Waals surface area contributed by atoms with Crippen LogP contribution in [0.1, 0.15) is 25.7 Å². The van der Waals surface area contributed by atoms with E-state index >= 15 is 0 Å². The summed E-state index contributed by atoms with van der Waals surface area (Å²) < 4.78 is 5.29. The molecule has 0 fully saturated rings. The SMILES string of the molecule is C#CCCOC1=CC(=O)CCC1. The highest BCUT2D eigenvalue weighted by molar-refractivity contribution is 5.90. The topological polar surface area (TPSA) is 26.3 Å². The molecule has 1 aliphatic carbocycles. The molecule has 0 aliphatic heterocycles. The Kier molecular flexibility index (Phi) is 3.40. The van der Waals surface area contributed by atoms with Crippen LogP contribution in [0, 0.1) is 12.3 Å².